The maximum atomic E-state index is 12.3. The van der Waals surface area contributed by atoms with E-state index in [2.05, 4.69) is 20.9 Å². The highest BCUT2D eigenvalue weighted by molar-refractivity contribution is 9.10. The van der Waals surface area contributed by atoms with Crippen LogP contribution in [0.4, 0.5) is 13.2 Å². The van der Waals surface area contributed by atoms with Crippen molar-refractivity contribution >= 4 is 15.9 Å². The maximum Gasteiger partial charge on any atom is 0.434 e. The third-order valence-electron chi connectivity index (χ3n) is 1.99. The molecule has 0 bridgehead atoms. The van der Waals surface area contributed by atoms with Crippen LogP contribution in [-0.2, 0) is 12.6 Å². The summed E-state index contributed by atoms with van der Waals surface area (Å²) in [4.78, 5) is 3.43. The first kappa shape index (κ1) is 12.5. The van der Waals surface area contributed by atoms with Crippen molar-refractivity contribution < 1.29 is 13.2 Å². The Bertz CT molecular complexity index is 336. The van der Waals surface area contributed by atoms with Gasteiger partial charge in [0.2, 0.25) is 0 Å². The monoisotopic (exact) mass is 281 g/mol. The van der Waals surface area contributed by atoms with Crippen LogP contribution in [0.5, 0.6) is 0 Å². The van der Waals surface area contributed by atoms with Crippen molar-refractivity contribution in [1.29, 1.82) is 0 Å². The Hall–Kier alpha value is -0.580. The van der Waals surface area contributed by atoms with Crippen molar-refractivity contribution in [1.82, 2.24) is 4.98 Å². The van der Waals surface area contributed by atoms with Gasteiger partial charge in [0.05, 0.1) is 0 Å². The number of pyridine rings is 1. The minimum Gasteiger partial charge on any atom is -0.250 e. The van der Waals surface area contributed by atoms with Gasteiger partial charge in [-0.15, -0.1) is 0 Å². The number of hydrogen-bond acceptors (Lipinski definition) is 1. The van der Waals surface area contributed by atoms with Crippen LogP contribution in [0.3, 0.4) is 0 Å². The third-order valence-corrected chi connectivity index (χ3v) is 2.59. The Morgan fingerprint density at radius 3 is 2.53 bits per heavy atom. The van der Waals surface area contributed by atoms with Gasteiger partial charge in [-0.25, -0.2) is 0 Å². The van der Waals surface area contributed by atoms with Gasteiger partial charge in [-0.2, -0.15) is 13.2 Å². The highest BCUT2D eigenvalue weighted by Crippen LogP contribution is 2.33. The molecule has 5 heteroatoms. The van der Waals surface area contributed by atoms with Crippen LogP contribution in [0.1, 0.15) is 31.0 Å². The zero-order chi connectivity index (χ0) is 11.5. The summed E-state index contributed by atoms with van der Waals surface area (Å²) < 4.78 is 37.0. The first-order valence-corrected chi connectivity index (χ1v) is 5.46. The molecular formula is C10H11BrF3N. The Labute approximate surface area is 94.8 Å². The molecule has 0 aliphatic heterocycles. The number of alkyl halides is 3. The highest BCUT2D eigenvalue weighted by atomic mass is 79.9. The standard InChI is InChI=1S/C10H11BrF3N/c1-2-3-4-7-5-8(11)9(15-6-7)10(12,13)14/h5-6H,2-4H2,1H3. The number of aryl methyl sites for hydroxylation is 1. The van der Waals surface area contributed by atoms with E-state index in [0.29, 0.717) is 0 Å². The van der Waals surface area contributed by atoms with Gasteiger partial charge >= 0.3 is 6.18 Å². The summed E-state index contributed by atoms with van der Waals surface area (Å²) in [5.41, 5.74) is -0.0283. The number of nitrogens with zero attached hydrogens (tertiary/aromatic N) is 1. The highest BCUT2D eigenvalue weighted by Gasteiger charge is 2.34. The van der Waals surface area contributed by atoms with Gasteiger partial charge in [-0.1, -0.05) is 13.3 Å². The lowest BCUT2D eigenvalue weighted by molar-refractivity contribution is -0.141. The first-order valence-electron chi connectivity index (χ1n) is 4.66. The predicted molar refractivity (Wildman–Crippen MR) is 55.6 cm³/mol. The number of halogens is 4. The molecule has 0 unspecified atom stereocenters. The van der Waals surface area contributed by atoms with E-state index in [4.69, 9.17) is 0 Å². The molecule has 0 aliphatic rings. The molecule has 1 heterocycles. The van der Waals surface area contributed by atoms with Gasteiger partial charge in [0.25, 0.3) is 0 Å². The molecule has 1 rings (SSSR count). The smallest absolute Gasteiger partial charge is 0.250 e. The van der Waals surface area contributed by atoms with E-state index in [1.807, 2.05) is 6.92 Å². The van der Waals surface area contributed by atoms with Crippen LogP contribution >= 0.6 is 15.9 Å². The van der Waals surface area contributed by atoms with Crippen molar-refractivity contribution in [3.63, 3.8) is 0 Å². The molecule has 1 aromatic rings. The second kappa shape index (κ2) is 4.96. The summed E-state index contributed by atoms with van der Waals surface area (Å²) in [5, 5.41) is 0. The number of aromatic nitrogens is 1. The molecule has 0 saturated carbocycles. The largest absolute Gasteiger partial charge is 0.434 e. The van der Waals surface area contributed by atoms with Gasteiger partial charge in [-0.3, -0.25) is 4.98 Å². The molecule has 15 heavy (non-hydrogen) atoms. The van der Waals surface area contributed by atoms with Gasteiger partial charge in [0.15, 0.2) is 5.69 Å². The van der Waals surface area contributed by atoms with Crippen LogP contribution in [0.2, 0.25) is 0 Å². The van der Waals surface area contributed by atoms with Gasteiger partial charge in [-0.05, 0) is 40.4 Å². The average Bonchev–Trinajstić information content (AvgIpc) is 2.12. The lowest BCUT2D eigenvalue weighted by Gasteiger charge is -2.09. The molecule has 0 aliphatic carbocycles. The number of unbranched alkanes of at least 4 members (excludes halogenated alkanes) is 1. The van der Waals surface area contributed by atoms with Crippen LogP contribution in [0.25, 0.3) is 0 Å². The van der Waals surface area contributed by atoms with Crippen LogP contribution in [0, 0.1) is 0 Å². The van der Waals surface area contributed by atoms with E-state index in [0.717, 1.165) is 24.8 Å². The fourth-order valence-electron chi connectivity index (χ4n) is 1.20. The molecule has 0 spiro atoms. The van der Waals surface area contributed by atoms with Crippen molar-refractivity contribution in [3.05, 3.63) is 28.0 Å². The quantitative estimate of drug-likeness (QED) is 0.809. The number of hydrogen-bond donors (Lipinski definition) is 0. The normalized spacial score (nSPS) is 11.8. The predicted octanol–water partition coefficient (Wildman–Crippen LogP) is 4.21. The van der Waals surface area contributed by atoms with E-state index < -0.39 is 11.9 Å². The molecule has 0 fully saturated rings. The molecule has 0 amide bonds. The summed E-state index contributed by atoms with van der Waals surface area (Å²) in [6.45, 7) is 2.03. The fraction of sp³-hybridized carbons (Fsp3) is 0.500. The lowest BCUT2D eigenvalue weighted by atomic mass is 10.1. The maximum absolute atomic E-state index is 12.3. The zero-order valence-corrected chi connectivity index (χ0v) is 9.82. The van der Waals surface area contributed by atoms with Crippen LogP contribution in [0.15, 0.2) is 16.7 Å². The second-order valence-corrected chi connectivity index (χ2v) is 4.13. The molecule has 0 N–H and O–H groups in total. The fourth-order valence-corrected chi connectivity index (χ4v) is 1.82. The molecule has 0 saturated heterocycles. The van der Waals surface area contributed by atoms with Crippen molar-refractivity contribution in [3.8, 4) is 0 Å². The van der Waals surface area contributed by atoms with Crippen molar-refractivity contribution in [2.75, 3.05) is 0 Å². The van der Waals surface area contributed by atoms with Gasteiger partial charge < -0.3 is 0 Å². The first-order chi connectivity index (χ1) is 6.95. The Morgan fingerprint density at radius 1 is 1.40 bits per heavy atom. The van der Waals surface area contributed by atoms with E-state index in [9.17, 15) is 13.2 Å². The van der Waals surface area contributed by atoms with Crippen molar-refractivity contribution in [2.45, 2.75) is 32.4 Å². The SMILES string of the molecule is CCCCc1cnc(C(F)(F)F)c(Br)c1. The summed E-state index contributed by atoms with van der Waals surface area (Å²) in [6.07, 6.45) is -0.357. The van der Waals surface area contributed by atoms with Gasteiger partial charge in [0, 0.05) is 10.7 Å². The zero-order valence-electron chi connectivity index (χ0n) is 8.24. The van der Waals surface area contributed by atoms with E-state index >= 15 is 0 Å². The molecule has 0 aromatic carbocycles. The molecule has 84 valence electrons. The third kappa shape index (κ3) is 3.48. The summed E-state index contributed by atoms with van der Waals surface area (Å²) in [6, 6.07) is 1.49. The van der Waals surface area contributed by atoms with E-state index in [-0.39, 0.29) is 4.47 Å². The topological polar surface area (TPSA) is 12.9 Å². The van der Waals surface area contributed by atoms with Gasteiger partial charge in [0.1, 0.15) is 0 Å². The minimum absolute atomic E-state index is 0.0172. The average molecular weight is 282 g/mol. The minimum atomic E-state index is -4.39. The molecule has 1 aromatic heterocycles. The molecule has 1 nitrogen and oxygen atoms in total. The van der Waals surface area contributed by atoms with E-state index in [1.54, 1.807) is 0 Å². The Kier molecular flexibility index (Phi) is 4.13. The molecule has 0 atom stereocenters. The molecule has 0 radical (unpaired) electrons. The summed E-state index contributed by atoms with van der Waals surface area (Å²) in [7, 11) is 0. The van der Waals surface area contributed by atoms with Crippen LogP contribution < -0.4 is 0 Å². The van der Waals surface area contributed by atoms with Crippen molar-refractivity contribution in [2.24, 2.45) is 0 Å². The lowest BCUT2D eigenvalue weighted by Crippen LogP contribution is -2.09. The Morgan fingerprint density at radius 2 is 2.07 bits per heavy atom. The van der Waals surface area contributed by atoms with E-state index in [1.165, 1.54) is 12.3 Å². The Balaban J connectivity index is 2.89. The molecular weight excluding hydrogens is 271 g/mol. The summed E-state index contributed by atoms with van der Waals surface area (Å²) in [5.74, 6) is 0. The summed E-state index contributed by atoms with van der Waals surface area (Å²) >= 11 is 2.89. The van der Waals surface area contributed by atoms with Crippen LogP contribution in [-0.4, -0.2) is 4.98 Å². The number of rotatable bonds is 3. The second-order valence-electron chi connectivity index (χ2n) is 3.28.